The summed E-state index contributed by atoms with van der Waals surface area (Å²) in [5.41, 5.74) is 0. The van der Waals surface area contributed by atoms with Crippen LogP contribution in [0.2, 0.25) is 0 Å². The van der Waals surface area contributed by atoms with Crippen molar-refractivity contribution in [2.45, 2.75) is 73.9 Å². The molecule has 0 radical (unpaired) electrons. The molecule has 0 saturated heterocycles. The maximum atomic E-state index is 11.9. The van der Waals surface area contributed by atoms with Gasteiger partial charge in [0, 0.05) is 11.0 Å². The molecular formula is C20H39NO3. The summed E-state index contributed by atoms with van der Waals surface area (Å²) in [4.78, 5) is 25.0. The summed E-state index contributed by atoms with van der Waals surface area (Å²) in [6.07, 6.45) is 6.05. The number of carbonyl (C=O) groups is 2. The quantitative estimate of drug-likeness (QED) is 0.475. The highest BCUT2D eigenvalue weighted by Crippen LogP contribution is 2.20. The van der Waals surface area contributed by atoms with Gasteiger partial charge >= 0.3 is 5.97 Å². The van der Waals surface area contributed by atoms with E-state index >= 15 is 0 Å². The minimum atomic E-state index is -2.10. The summed E-state index contributed by atoms with van der Waals surface area (Å²) in [6, 6.07) is -0.514. The molecule has 0 aliphatic heterocycles. The minimum absolute atomic E-state index is 0.0700. The number of nitrogens with zero attached hydrogens (tertiary/aromatic N) is 1. The molecule has 0 rings (SSSR count). The monoisotopic (exact) mass is 344 g/mol. The largest absolute Gasteiger partial charge is 0.460 e. The van der Waals surface area contributed by atoms with E-state index in [2.05, 4.69) is 0 Å². The maximum absolute atomic E-state index is 11.9. The van der Waals surface area contributed by atoms with Gasteiger partial charge in [0.1, 0.15) is 12.1 Å². The molecule has 0 spiro atoms. The van der Waals surface area contributed by atoms with Gasteiger partial charge in [-0.2, -0.15) is 0 Å². The molecule has 0 aliphatic rings. The topological polar surface area (TPSA) is 46.6 Å². The van der Waals surface area contributed by atoms with Gasteiger partial charge in [0.15, 0.2) is 5.78 Å². The Kier molecular flexibility index (Phi) is 15.4. The Balaban J connectivity index is -0.00000134. The molecule has 0 aromatic heterocycles. The van der Waals surface area contributed by atoms with E-state index in [1.54, 1.807) is 31.1 Å². The fourth-order valence-corrected chi connectivity index (χ4v) is 2.13. The van der Waals surface area contributed by atoms with E-state index in [4.69, 9.17) is 8.85 Å². The van der Waals surface area contributed by atoms with Crippen LogP contribution in [-0.4, -0.2) is 42.9 Å². The average Bonchev–Trinajstić information content (AvgIpc) is 2.55. The standard InChI is InChI=1S/C16H27NO3.2C2H6/c1-7-8-9-10-11-12(2)16(20-14(4)19)15(13(3)18)17(5)6;2*1-2/h7-10,12,15-16H,11H2,1-6H3;2*1-2H3/t12-,15-,16?;;/m1../s1/i1D3;;. The molecule has 0 aromatic carbocycles. The summed E-state index contributed by atoms with van der Waals surface area (Å²) in [6.45, 7) is 10.6. The van der Waals surface area contributed by atoms with Crippen LogP contribution in [0.25, 0.3) is 0 Å². The summed E-state index contributed by atoms with van der Waals surface area (Å²) in [7, 11) is 3.54. The minimum Gasteiger partial charge on any atom is -0.460 e. The van der Waals surface area contributed by atoms with Crippen molar-refractivity contribution in [2.24, 2.45) is 5.92 Å². The predicted octanol–water partition coefficient (Wildman–Crippen LogP) is 4.65. The Morgan fingerprint density at radius 3 is 2.04 bits per heavy atom. The van der Waals surface area contributed by atoms with Crippen molar-refractivity contribution < 1.29 is 18.4 Å². The molecule has 0 N–H and O–H groups in total. The second-order valence-corrected chi connectivity index (χ2v) is 5.09. The molecule has 0 saturated carbocycles. The zero-order valence-electron chi connectivity index (χ0n) is 19.9. The van der Waals surface area contributed by atoms with Crippen molar-refractivity contribution in [1.82, 2.24) is 4.90 Å². The Hall–Kier alpha value is -1.42. The number of ether oxygens (including phenoxy) is 1. The first-order valence-electron chi connectivity index (χ1n) is 10.1. The molecule has 0 amide bonds. The SMILES string of the molecule is CC.CC.[2H]C([2H])([2H])C=CC=CC[C@@H](C)C(OC(C)=O)[C@@H](C(C)=O)N(C)C. The van der Waals surface area contributed by atoms with Crippen LogP contribution in [0.5, 0.6) is 0 Å². The lowest BCUT2D eigenvalue weighted by atomic mass is 9.91. The van der Waals surface area contributed by atoms with Crippen molar-refractivity contribution in [2.75, 3.05) is 14.1 Å². The first-order chi connectivity index (χ1) is 12.5. The van der Waals surface area contributed by atoms with Gasteiger partial charge in [0.05, 0.1) is 0 Å². The van der Waals surface area contributed by atoms with Gasteiger partial charge in [-0.3, -0.25) is 14.5 Å². The van der Waals surface area contributed by atoms with Crippen LogP contribution in [0, 0.1) is 5.92 Å². The fraction of sp³-hybridized carbons (Fsp3) is 0.700. The van der Waals surface area contributed by atoms with Crippen LogP contribution >= 0.6 is 0 Å². The van der Waals surface area contributed by atoms with Crippen molar-refractivity contribution >= 4 is 11.8 Å². The zero-order chi connectivity index (χ0) is 22.2. The third-order valence-electron chi connectivity index (χ3n) is 3.00. The molecule has 4 nitrogen and oxygen atoms in total. The lowest BCUT2D eigenvalue weighted by molar-refractivity contribution is -0.154. The van der Waals surface area contributed by atoms with Crippen LogP contribution in [0.3, 0.4) is 0 Å². The highest BCUT2D eigenvalue weighted by atomic mass is 16.5. The Bertz CT molecular complexity index is 458. The average molecular weight is 345 g/mol. The number of likely N-dealkylation sites (N-methyl/N-ethyl adjacent to an activating group) is 1. The number of rotatable bonds is 8. The van der Waals surface area contributed by atoms with Crippen molar-refractivity contribution in [3.63, 3.8) is 0 Å². The lowest BCUT2D eigenvalue weighted by Gasteiger charge is -2.33. The smallest absolute Gasteiger partial charge is 0.302 e. The molecule has 3 atom stereocenters. The number of allylic oxidation sites excluding steroid dienone is 4. The Morgan fingerprint density at radius 2 is 1.67 bits per heavy atom. The summed E-state index contributed by atoms with van der Waals surface area (Å²) < 4.78 is 26.5. The first kappa shape index (κ1) is 20.6. The molecule has 0 aromatic rings. The number of ketones is 1. The molecule has 0 aliphatic carbocycles. The summed E-state index contributed by atoms with van der Waals surface area (Å²) >= 11 is 0. The third-order valence-corrected chi connectivity index (χ3v) is 3.00. The molecule has 142 valence electrons. The van der Waals surface area contributed by atoms with Crippen molar-refractivity contribution in [3.05, 3.63) is 24.3 Å². The van der Waals surface area contributed by atoms with Gasteiger partial charge in [0.25, 0.3) is 0 Å². The Labute approximate surface area is 154 Å². The summed E-state index contributed by atoms with van der Waals surface area (Å²) in [5, 5.41) is 0. The summed E-state index contributed by atoms with van der Waals surface area (Å²) in [5.74, 6) is -0.590. The number of hydrogen-bond donors (Lipinski definition) is 0. The lowest BCUT2D eigenvalue weighted by Crippen LogP contribution is -2.49. The van der Waals surface area contributed by atoms with Crippen molar-refractivity contribution in [3.8, 4) is 0 Å². The van der Waals surface area contributed by atoms with Crippen LogP contribution < -0.4 is 0 Å². The fourth-order valence-electron chi connectivity index (χ4n) is 2.13. The molecular weight excluding hydrogens is 302 g/mol. The zero-order valence-corrected chi connectivity index (χ0v) is 16.9. The van der Waals surface area contributed by atoms with Gasteiger partial charge in [-0.1, -0.05) is 58.9 Å². The van der Waals surface area contributed by atoms with Gasteiger partial charge in [-0.05, 0) is 40.2 Å². The molecule has 1 unspecified atom stereocenters. The normalized spacial score (nSPS) is 16.7. The van der Waals surface area contributed by atoms with E-state index in [0.717, 1.165) is 6.08 Å². The van der Waals surface area contributed by atoms with Gasteiger partial charge in [0.2, 0.25) is 0 Å². The molecule has 0 heterocycles. The maximum Gasteiger partial charge on any atom is 0.302 e. The van der Waals surface area contributed by atoms with E-state index in [0.29, 0.717) is 6.42 Å². The van der Waals surface area contributed by atoms with E-state index < -0.39 is 25.0 Å². The van der Waals surface area contributed by atoms with Gasteiger partial charge in [-0.15, -0.1) is 0 Å². The third kappa shape index (κ3) is 13.1. The Morgan fingerprint density at radius 1 is 1.12 bits per heavy atom. The molecule has 0 bridgehead atoms. The molecule has 4 heteroatoms. The number of carbonyl (C=O) groups excluding carboxylic acids is 2. The highest BCUT2D eigenvalue weighted by molar-refractivity contribution is 5.82. The van der Waals surface area contributed by atoms with Gasteiger partial charge in [-0.25, -0.2) is 0 Å². The van der Waals surface area contributed by atoms with E-state index in [-0.39, 0.29) is 11.7 Å². The van der Waals surface area contributed by atoms with Crippen LogP contribution in [0.15, 0.2) is 24.3 Å². The number of Topliss-reactive ketones (excluding diaryl/α,β-unsaturated/α-hetero) is 1. The molecule has 24 heavy (non-hydrogen) atoms. The number of esters is 1. The molecule has 0 fully saturated rings. The second kappa shape index (κ2) is 17.9. The van der Waals surface area contributed by atoms with E-state index in [1.165, 1.54) is 19.9 Å². The van der Waals surface area contributed by atoms with Crippen molar-refractivity contribution in [1.29, 1.82) is 0 Å². The second-order valence-electron chi connectivity index (χ2n) is 5.09. The van der Waals surface area contributed by atoms with Gasteiger partial charge < -0.3 is 4.74 Å². The number of hydrogen-bond acceptors (Lipinski definition) is 4. The first-order valence-corrected chi connectivity index (χ1v) is 8.64. The van der Waals surface area contributed by atoms with Crippen LogP contribution in [-0.2, 0) is 14.3 Å². The highest BCUT2D eigenvalue weighted by Gasteiger charge is 2.33. The van der Waals surface area contributed by atoms with E-state index in [1.807, 2.05) is 34.6 Å². The predicted molar refractivity (Wildman–Crippen MR) is 104 cm³/mol. The van der Waals surface area contributed by atoms with Crippen LogP contribution in [0.1, 0.15) is 65.9 Å². The van der Waals surface area contributed by atoms with Crippen LogP contribution in [0.4, 0.5) is 0 Å². The van der Waals surface area contributed by atoms with E-state index in [9.17, 15) is 9.59 Å².